The van der Waals surface area contributed by atoms with Crippen molar-refractivity contribution in [1.29, 1.82) is 0 Å². The molecule has 7 nitrogen and oxygen atoms in total. The zero-order valence-corrected chi connectivity index (χ0v) is 12.8. The maximum atomic E-state index is 12.4. The minimum absolute atomic E-state index is 0.230. The van der Waals surface area contributed by atoms with Gasteiger partial charge in [0.1, 0.15) is 5.25 Å². The third-order valence-corrected chi connectivity index (χ3v) is 6.48. The quantitative estimate of drug-likeness (QED) is 0.692. The molecule has 21 heavy (non-hydrogen) atoms. The smallest absolute Gasteiger partial charge is 0.305 e. The van der Waals surface area contributed by atoms with Crippen LogP contribution >= 0.6 is 23.1 Å². The van der Waals surface area contributed by atoms with Crippen LogP contribution in [0.2, 0.25) is 0 Å². The topological polar surface area (TPSA) is 110 Å². The van der Waals surface area contributed by atoms with E-state index in [0.717, 1.165) is 32.9 Å². The fraction of sp³-hybridized carbons (Fsp3) is 0.500. The molecule has 2 aliphatic heterocycles. The number of nitrogens with zero attached hydrogens (tertiary/aromatic N) is 1. The molecular formula is C12H11N2O5S2-. The summed E-state index contributed by atoms with van der Waals surface area (Å²) < 4.78 is 0. The lowest BCUT2D eigenvalue weighted by Crippen LogP contribution is -2.43. The van der Waals surface area contributed by atoms with Gasteiger partial charge in [-0.05, 0) is 0 Å². The first kappa shape index (κ1) is 14.3. The van der Waals surface area contributed by atoms with Crippen molar-refractivity contribution in [2.45, 2.75) is 29.5 Å². The number of aliphatic carboxylic acids is 1. The normalized spacial score (nSPS) is 26.7. The van der Waals surface area contributed by atoms with Crippen LogP contribution in [-0.4, -0.2) is 39.5 Å². The summed E-state index contributed by atoms with van der Waals surface area (Å²) in [5.74, 6) is -3.20. The van der Waals surface area contributed by atoms with Crippen LogP contribution in [0.4, 0.5) is 0 Å². The molecule has 1 N–H and O–H groups in total. The van der Waals surface area contributed by atoms with Gasteiger partial charge in [-0.25, -0.2) is 0 Å². The summed E-state index contributed by atoms with van der Waals surface area (Å²) in [6.07, 6.45) is 0. The maximum absolute atomic E-state index is 12.4. The van der Waals surface area contributed by atoms with Crippen LogP contribution in [0.15, 0.2) is 9.82 Å². The van der Waals surface area contributed by atoms with Gasteiger partial charge >= 0.3 is 4.87 Å². The molecule has 9 heteroatoms. The van der Waals surface area contributed by atoms with Crippen molar-refractivity contribution < 1.29 is 19.5 Å². The molecule has 1 fully saturated rings. The average molecular weight is 327 g/mol. The summed E-state index contributed by atoms with van der Waals surface area (Å²) in [7, 11) is 0. The Kier molecular flexibility index (Phi) is 3.03. The molecule has 2 atom stereocenters. The van der Waals surface area contributed by atoms with E-state index in [1.54, 1.807) is 13.8 Å². The number of carbonyl (C=O) groups is 3. The Labute approximate surface area is 127 Å². The molecule has 0 unspecified atom stereocenters. The van der Waals surface area contributed by atoms with Crippen molar-refractivity contribution in [3.63, 3.8) is 0 Å². The molecule has 3 heterocycles. The van der Waals surface area contributed by atoms with Crippen LogP contribution in [0.1, 0.15) is 18.7 Å². The van der Waals surface area contributed by atoms with Gasteiger partial charge in [-0.1, -0.05) is 36.9 Å². The molecule has 1 aromatic rings. The number of amides is 2. The summed E-state index contributed by atoms with van der Waals surface area (Å²) in [4.78, 5) is 50.9. The first-order valence-electron chi connectivity index (χ1n) is 6.19. The van der Waals surface area contributed by atoms with Crippen LogP contribution in [0.25, 0.3) is 0 Å². The van der Waals surface area contributed by atoms with E-state index in [2.05, 4.69) is 4.98 Å². The summed E-state index contributed by atoms with van der Waals surface area (Å²) in [6.45, 7) is 2.85. The molecule has 3 rings (SSSR count). The minimum atomic E-state index is -1.47. The van der Waals surface area contributed by atoms with E-state index in [9.17, 15) is 24.3 Å². The second-order valence-electron chi connectivity index (χ2n) is 5.55. The fourth-order valence-electron chi connectivity index (χ4n) is 2.88. The van der Waals surface area contributed by atoms with E-state index in [0.29, 0.717) is 5.03 Å². The Bertz CT molecular complexity index is 719. The highest BCUT2D eigenvalue weighted by molar-refractivity contribution is 8.00. The fourth-order valence-corrected chi connectivity index (χ4v) is 5.68. The Balaban J connectivity index is 2.07. The lowest BCUT2D eigenvalue weighted by Gasteiger charge is -2.36. The van der Waals surface area contributed by atoms with Crippen LogP contribution in [0.3, 0.4) is 0 Å². The predicted molar refractivity (Wildman–Crippen MR) is 72.8 cm³/mol. The Morgan fingerprint density at radius 3 is 2.62 bits per heavy atom. The van der Waals surface area contributed by atoms with Gasteiger partial charge in [-0.15, -0.1) is 0 Å². The minimum Gasteiger partial charge on any atom is -0.548 e. The van der Waals surface area contributed by atoms with E-state index >= 15 is 0 Å². The highest BCUT2D eigenvalue weighted by Crippen LogP contribution is 2.52. The van der Waals surface area contributed by atoms with E-state index in [-0.39, 0.29) is 4.87 Å². The van der Waals surface area contributed by atoms with Crippen LogP contribution < -0.4 is 9.98 Å². The highest BCUT2D eigenvalue weighted by Gasteiger charge is 2.58. The van der Waals surface area contributed by atoms with Crippen molar-refractivity contribution in [3.8, 4) is 0 Å². The molecule has 2 amide bonds. The van der Waals surface area contributed by atoms with Crippen molar-refractivity contribution in [3.05, 3.63) is 14.5 Å². The molecule has 0 saturated carbocycles. The number of imide groups is 1. The Hall–Kier alpha value is -1.61. The number of aromatic nitrogens is 1. The van der Waals surface area contributed by atoms with Gasteiger partial charge in [0.2, 0.25) is 11.8 Å². The Morgan fingerprint density at radius 2 is 2.00 bits per heavy atom. The second kappa shape index (κ2) is 4.44. The number of aromatic amines is 1. The molecule has 0 bridgehead atoms. The maximum Gasteiger partial charge on any atom is 0.305 e. The van der Waals surface area contributed by atoms with Gasteiger partial charge < -0.3 is 14.9 Å². The zero-order chi connectivity index (χ0) is 15.5. The number of carboxylic acid groups (broad SMARTS) is 1. The summed E-state index contributed by atoms with van der Waals surface area (Å²) in [5, 5.41) is 10.6. The molecular weight excluding hydrogens is 316 g/mol. The van der Waals surface area contributed by atoms with Crippen molar-refractivity contribution >= 4 is 40.9 Å². The van der Waals surface area contributed by atoms with Gasteiger partial charge in [0, 0.05) is 10.3 Å². The number of rotatable bonds is 2. The molecule has 1 aromatic heterocycles. The second-order valence-corrected chi connectivity index (χ2v) is 7.68. The SMILES string of the molecule is CC1(C)c2sc(=O)[nH]c2S[C@@H]2C(=O)N(CC(=O)[O-])C(=O)[C@H]21. The number of hydrogen-bond donors (Lipinski definition) is 1. The molecule has 1 saturated heterocycles. The van der Waals surface area contributed by atoms with Crippen molar-refractivity contribution in [2.75, 3.05) is 6.54 Å². The Morgan fingerprint density at radius 1 is 1.33 bits per heavy atom. The summed E-state index contributed by atoms with van der Waals surface area (Å²) in [6, 6.07) is 0. The van der Waals surface area contributed by atoms with Gasteiger partial charge in [0.15, 0.2) is 0 Å². The lowest BCUT2D eigenvalue weighted by atomic mass is 9.76. The van der Waals surface area contributed by atoms with Crippen LogP contribution in [0.5, 0.6) is 0 Å². The van der Waals surface area contributed by atoms with Crippen molar-refractivity contribution in [2.24, 2.45) is 5.92 Å². The molecule has 2 aliphatic rings. The monoisotopic (exact) mass is 327 g/mol. The number of carboxylic acids is 1. The van der Waals surface area contributed by atoms with E-state index in [4.69, 9.17) is 0 Å². The average Bonchev–Trinajstić information content (AvgIpc) is 2.84. The van der Waals surface area contributed by atoms with Gasteiger partial charge in [-0.2, -0.15) is 0 Å². The van der Waals surface area contributed by atoms with Gasteiger partial charge in [-0.3, -0.25) is 19.3 Å². The largest absolute Gasteiger partial charge is 0.548 e. The molecule has 0 aromatic carbocycles. The van der Waals surface area contributed by atoms with Crippen molar-refractivity contribution in [1.82, 2.24) is 9.88 Å². The van der Waals surface area contributed by atoms with Crippen LogP contribution in [-0.2, 0) is 19.8 Å². The van der Waals surface area contributed by atoms with E-state index < -0.39 is 40.9 Å². The number of carbonyl (C=O) groups excluding carboxylic acids is 3. The number of likely N-dealkylation sites (tertiary alicyclic amines) is 1. The molecule has 112 valence electrons. The number of fused-ring (bicyclic) bond motifs is 2. The third kappa shape index (κ3) is 1.95. The number of H-pyrrole nitrogens is 1. The highest BCUT2D eigenvalue weighted by atomic mass is 32.2. The number of nitrogens with one attached hydrogen (secondary N) is 1. The lowest BCUT2D eigenvalue weighted by molar-refractivity contribution is -0.305. The predicted octanol–water partition coefficient (Wildman–Crippen LogP) is -1.08. The number of thioether (sulfide) groups is 1. The van der Waals surface area contributed by atoms with Gasteiger partial charge in [0.25, 0.3) is 0 Å². The van der Waals surface area contributed by atoms with Crippen LogP contribution in [0, 0.1) is 5.92 Å². The standard InChI is InChI=1S/C12H12N2O5S2/c1-12(2)5-6(20-8-7(12)21-11(19)13-8)10(18)14(9(5)17)3-4(15)16/h5-6H,3H2,1-2H3,(H,13,19)(H,15,16)/p-1/t5-,6-/m0/s1. The van der Waals surface area contributed by atoms with E-state index in [1.807, 2.05) is 0 Å². The first-order chi connectivity index (χ1) is 9.73. The molecule has 0 spiro atoms. The first-order valence-corrected chi connectivity index (χ1v) is 7.88. The zero-order valence-electron chi connectivity index (χ0n) is 11.2. The summed E-state index contributed by atoms with van der Waals surface area (Å²) in [5.41, 5.74) is -0.706. The number of hydrogen-bond acceptors (Lipinski definition) is 7. The number of thiazole rings is 1. The third-order valence-electron chi connectivity index (χ3n) is 3.86. The van der Waals surface area contributed by atoms with Gasteiger partial charge in [0.05, 0.1) is 23.5 Å². The van der Waals surface area contributed by atoms with E-state index in [1.165, 1.54) is 0 Å². The molecule has 0 radical (unpaired) electrons. The molecule has 0 aliphatic carbocycles. The summed E-state index contributed by atoms with van der Waals surface area (Å²) >= 11 is 2.14.